The maximum atomic E-state index is 13.1. The van der Waals surface area contributed by atoms with E-state index in [0.717, 1.165) is 12.1 Å². The highest BCUT2D eigenvalue weighted by molar-refractivity contribution is 7.46. The summed E-state index contributed by atoms with van der Waals surface area (Å²) in [5.41, 5.74) is 0.0698. The highest BCUT2D eigenvalue weighted by atomic mass is 35.5. The van der Waals surface area contributed by atoms with Gasteiger partial charge in [-0.05, 0) is 26.1 Å². The largest absolute Gasteiger partial charge is 0.524 e. The third-order valence-electron chi connectivity index (χ3n) is 5.61. The predicted molar refractivity (Wildman–Crippen MR) is 124 cm³/mol. The number of likely N-dealkylation sites (tertiary alicyclic amines) is 1. The van der Waals surface area contributed by atoms with Crippen LogP contribution in [0.1, 0.15) is 17.9 Å². The summed E-state index contributed by atoms with van der Waals surface area (Å²) in [6.07, 6.45) is -0.448. The van der Waals surface area contributed by atoms with Crippen LogP contribution in [-0.4, -0.2) is 59.0 Å². The van der Waals surface area contributed by atoms with Crippen molar-refractivity contribution < 1.29 is 33.5 Å². The Kier molecular flexibility index (Phi) is 6.35. The van der Waals surface area contributed by atoms with E-state index in [1.165, 1.54) is 6.07 Å². The number of hydrogen-bond acceptors (Lipinski definition) is 7. The Morgan fingerprint density at radius 1 is 1.27 bits per heavy atom. The van der Waals surface area contributed by atoms with Crippen molar-refractivity contribution in [2.45, 2.75) is 18.4 Å². The van der Waals surface area contributed by atoms with Gasteiger partial charge in [0, 0.05) is 35.7 Å². The quantitative estimate of drug-likeness (QED) is 0.318. The molecule has 1 aromatic heterocycles. The minimum absolute atomic E-state index is 0.0499. The summed E-state index contributed by atoms with van der Waals surface area (Å²) >= 11 is 6.28. The second-order valence-electron chi connectivity index (χ2n) is 8.03. The van der Waals surface area contributed by atoms with Gasteiger partial charge in [0.25, 0.3) is 0 Å². The molecule has 2 heterocycles. The molecule has 0 spiro atoms. The van der Waals surface area contributed by atoms with Crippen LogP contribution < -0.4 is 15.4 Å². The first-order valence-corrected chi connectivity index (χ1v) is 11.9. The zero-order chi connectivity index (χ0) is 24.1. The Labute approximate surface area is 194 Å². The van der Waals surface area contributed by atoms with Crippen molar-refractivity contribution in [3.05, 3.63) is 51.1 Å². The van der Waals surface area contributed by atoms with Crippen LogP contribution in [0.4, 0.5) is 0 Å². The summed E-state index contributed by atoms with van der Waals surface area (Å²) in [6, 6.07) is 6.67. The lowest BCUT2D eigenvalue weighted by Crippen LogP contribution is -2.40. The first-order chi connectivity index (χ1) is 15.4. The van der Waals surface area contributed by atoms with Gasteiger partial charge in [-0.3, -0.25) is 14.6 Å². The molecule has 0 bridgehead atoms. The maximum absolute atomic E-state index is 13.1. The number of aliphatic hydroxyl groups is 1. The topological polar surface area (TPSA) is 141 Å². The van der Waals surface area contributed by atoms with Crippen molar-refractivity contribution in [2.75, 3.05) is 20.1 Å². The number of aliphatic hydroxyl groups excluding tert-OH is 1. The van der Waals surface area contributed by atoms with E-state index in [0.29, 0.717) is 30.5 Å². The van der Waals surface area contributed by atoms with Crippen molar-refractivity contribution in [1.29, 1.82) is 0 Å². The molecule has 1 saturated heterocycles. The Bertz CT molecular complexity index is 1340. The van der Waals surface area contributed by atoms with Crippen molar-refractivity contribution in [3.63, 3.8) is 0 Å². The predicted octanol–water partition coefficient (Wildman–Crippen LogP) is 1.86. The van der Waals surface area contributed by atoms with Crippen molar-refractivity contribution >= 4 is 43.7 Å². The Balaban J connectivity index is 2.03. The zero-order valence-electron chi connectivity index (χ0n) is 17.4. The number of likely N-dealkylation sites (N-methyl/N-ethyl adjacent to an activating group) is 1. The Morgan fingerprint density at radius 3 is 2.64 bits per heavy atom. The fourth-order valence-electron chi connectivity index (χ4n) is 4.16. The van der Waals surface area contributed by atoms with Gasteiger partial charge in [-0.1, -0.05) is 29.2 Å². The summed E-state index contributed by atoms with van der Waals surface area (Å²) in [5, 5.41) is 21.4. The normalized spacial score (nSPS) is 19.7. The number of phenolic OH excluding ortho intramolecular Hbond substituents is 1. The minimum Gasteiger partial charge on any atom is -0.507 e. The van der Waals surface area contributed by atoms with Crippen LogP contribution in [-0.2, 0) is 4.57 Å². The molecule has 2 aromatic carbocycles. The number of rotatable bonds is 4. The number of hydrogen-bond donors (Lipinski definition) is 4. The molecule has 0 amide bonds. The molecule has 0 aliphatic carbocycles. The van der Waals surface area contributed by atoms with Gasteiger partial charge in [-0.2, -0.15) is 0 Å². The molecule has 1 aliphatic rings. The van der Waals surface area contributed by atoms with Crippen molar-refractivity contribution in [3.8, 4) is 22.8 Å². The molecular weight excluding hydrogens is 471 g/mol. The highest BCUT2D eigenvalue weighted by Crippen LogP contribution is 2.47. The number of benzene rings is 2. The van der Waals surface area contributed by atoms with Crippen LogP contribution in [0, 0.1) is 0 Å². The molecular formula is C21H20BClNO8P. The van der Waals surface area contributed by atoms with Gasteiger partial charge >= 0.3 is 7.82 Å². The molecule has 2 radical (unpaired) electrons. The van der Waals surface area contributed by atoms with Gasteiger partial charge in [0.1, 0.15) is 36.1 Å². The molecule has 0 saturated carbocycles. The van der Waals surface area contributed by atoms with Crippen LogP contribution in [0.3, 0.4) is 0 Å². The van der Waals surface area contributed by atoms with E-state index in [9.17, 15) is 29.4 Å². The molecule has 4 N–H and O–H groups in total. The first kappa shape index (κ1) is 23.8. The molecule has 12 heteroatoms. The van der Waals surface area contributed by atoms with E-state index in [1.807, 2.05) is 11.9 Å². The number of nitrogens with zero attached hydrogens (tertiary/aromatic N) is 1. The molecule has 172 valence electrons. The second kappa shape index (κ2) is 8.79. The number of fused-ring (bicyclic) bond motifs is 1. The lowest BCUT2D eigenvalue weighted by atomic mass is 9.85. The van der Waals surface area contributed by atoms with Crippen LogP contribution in [0.2, 0.25) is 5.02 Å². The molecule has 2 atom stereocenters. The number of phosphoric acid groups is 1. The van der Waals surface area contributed by atoms with Crippen LogP contribution >= 0.6 is 19.4 Å². The molecule has 4 rings (SSSR count). The molecule has 1 aliphatic heterocycles. The number of phosphoric ester groups is 1. The lowest BCUT2D eigenvalue weighted by Gasteiger charge is -2.34. The number of halogens is 1. The fourth-order valence-corrected chi connectivity index (χ4v) is 4.84. The molecule has 3 aromatic rings. The number of aromatic hydroxyl groups is 1. The van der Waals surface area contributed by atoms with E-state index in [4.69, 9.17) is 23.9 Å². The Hall–Kier alpha value is -2.33. The second-order valence-corrected chi connectivity index (χ2v) is 9.60. The van der Waals surface area contributed by atoms with Gasteiger partial charge in [0.2, 0.25) is 0 Å². The average Bonchev–Trinajstić information content (AvgIpc) is 2.67. The van der Waals surface area contributed by atoms with Gasteiger partial charge < -0.3 is 24.1 Å². The monoisotopic (exact) mass is 491 g/mol. The Morgan fingerprint density at radius 2 is 2.00 bits per heavy atom. The lowest BCUT2D eigenvalue weighted by molar-refractivity contribution is 0.0630. The number of β-amino-alcohol motifs (C(OH)–C–C–N with tert-alkyl or cyclic N) is 1. The summed E-state index contributed by atoms with van der Waals surface area (Å²) in [5.74, 6) is -1.52. The van der Waals surface area contributed by atoms with E-state index in [2.05, 4.69) is 4.52 Å². The molecule has 0 unspecified atom stereocenters. The van der Waals surface area contributed by atoms with Gasteiger partial charge in [0.05, 0.1) is 11.1 Å². The molecule has 1 fully saturated rings. The molecule has 9 nitrogen and oxygen atoms in total. The summed E-state index contributed by atoms with van der Waals surface area (Å²) in [4.78, 5) is 33.6. The standard InChI is InChI=1S/C21H20BClNO8P/c1-24-5-4-12(16(27)9-24)19-14(25)8-18(32-33(28,29)30)20-15(26)7-17(31-21(19)20)11-3-2-10(22)6-13(11)23/h2-3,6-8,12,16,25,27H,4-5,9H2,1H3,(H2,28,29,30)/t12-,16+/m0/s1. The van der Waals surface area contributed by atoms with Crippen LogP contribution in [0.25, 0.3) is 22.3 Å². The molecule has 33 heavy (non-hydrogen) atoms. The highest BCUT2D eigenvalue weighted by Gasteiger charge is 2.34. The summed E-state index contributed by atoms with van der Waals surface area (Å²) < 4.78 is 22.2. The van der Waals surface area contributed by atoms with Gasteiger partial charge in [-0.15, -0.1) is 0 Å². The van der Waals surface area contributed by atoms with Gasteiger partial charge in [-0.25, -0.2) is 4.57 Å². The fraction of sp³-hybridized carbons (Fsp3) is 0.286. The summed E-state index contributed by atoms with van der Waals surface area (Å²) in [7, 11) is 2.52. The first-order valence-electron chi connectivity index (χ1n) is 9.95. The van der Waals surface area contributed by atoms with Crippen LogP contribution in [0.5, 0.6) is 11.5 Å². The zero-order valence-corrected chi connectivity index (χ0v) is 19.1. The van der Waals surface area contributed by atoms with E-state index >= 15 is 0 Å². The van der Waals surface area contributed by atoms with Crippen molar-refractivity contribution in [1.82, 2.24) is 4.90 Å². The van der Waals surface area contributed by atoms with E-state index < -0.39 is 36.8 Å². The number of piperidine rings is 1. The third kappa shape index (κ3) is 4.82. The average molecular weight is 492 g/mol. The van der Waals surface area contributed by atoms with E-state index in [1.54, 1.807) is 12.1 Å². The summed E-state index contributed by atoms with van der Waals surface area (Å²) in [6.45, 7) is 0.928. The van der Waals surface area contributed by atoms with Crippen LogP contribution in [0.15, 0.2) is 39.5 Å². The van der Waals surface area contributed by atoms with Gasteiger partial charge in [0.15, 0.2) is 5.43 Å². The SMILES string of the molecule is [B]c1ccc(-c2cc(=O)c3c(OP(=O)(O)O)cc(O)c([C@H]4CCN(C)C[C@H]4O)c3o2)c(Cl)c1. The smallest absolute Gasteiger partial charge is 0.507 e. The van der Waals surface area contributed by atoms with E-state index in [-0.39, 0.29) is 27.3 Å². The maximum Gasteiger partial charge on any atom is 0.524 e. The van der Waals surface area contributed by atoms with Crippen molar-refractivity contribution in [2.24, 2.45) is 0 Å². The minimum atomic E-state index is -5.07. The third-order valence-corrected chi connectivity index (χ3v) is 6.36. The number of phenols is 1.